The van der Waals surface area contributed by atoms with Crippen molar-refractivity contribution >= 4 is 59.1 Å². The summed E-state index contributed by atoms with van der Waals surface area (Å²) in [4.78, 5) is 39.2. The van der Waals surface area contributed by atoms with E-state index in [-0.39, 0.29) is 31.3 Å². The fourth-order valence-corrected chi connectivity index (χ4v) is 3.88. The van der Waals surface area contributed by atoms with Gasteiger partial charge in [-0.25, -0.2) is 4.79 Å². The summed E-state index contributed by atoms with van der Waals surface area (Å²) in [6.45, 7) is -0.348. The third kappa shape index (κ3) is 9.16. The molecule has 38 heavy (non-hydrogen) atoms. The lowest BCUT2D eigenvalue weighted by atomic mass is 10.1. The molecule has 0 saturated carbocycles. The molecule has 2 aromatic carbocycles. The molecule has 0 spiro atoms. The molecule has 0 radical (unpaired) electrons. The predicted octanol–water partition coefficient (Wildman–Crippen LogP) is 3.44. The normalized spacial score (nSPS) is 11.3. The quantitative estimate of drug-likeness (QED) is 0.327. The first-order chi connectivity index (χ1) is 17.6. The van der Waals surface area contributed by atoms with Gasteiger partial charge in [0.15, 0.2) is 11.6 Å². The zero-order chi connectivity index (χ0) is 26.9. The van der Waals surface area contributed by atoms with Gasteiger partial charge >= 0.3 is 12.1 Å². The number of anilines is 1. The minimum atomic E-state index is -1.34. The number of alkyl carbamates (subject to hydrolysis) is 1. The average molecular weight is 586 g/mol. The Morgan fingerprint density at radius 3 is 2.37 bits per heavy atom. The molecule has 0 aliphatic carbocycles. The van der Waals surface area contributed by atoms with Crippen molar-refractivity contribution in [3.05, 3.63) is 69.5 Å². The maximum Gasteiger partial charge on any atom is 0.407 e. The largest absolute Gasteiger partial charge is 0.481 e. The number of aliphatic carboxylic acids is 1. The van der Waals surface area contributed by atoms with Crippen molar-refractivity contribution < 1.29 is 24.2 Å². The lowest BCUT2D eigenvalue weighted by Crippen LogP contribution is -2.44. The van der Waals surface area contributed by atoms with Crippen LogP contribution < -0.4 is 10.2 Å². The number of halogens is 3. The van der Waals surface area contributed by atoms with Gasteiger partial charge in [-0.3, -0.25) is 9.59 Å². The number of hydrogen-bond donors (Lipinski definition) is 2. The fourth-order valence-electron chi connectivity index (χ4n) is 3.35. The third-order valence-electron chi connectivity index (χ3n) is 5.32. The Morgan fingerprint density at radius 2 is 1.76 bits per heavy atom. The van der Waals surface area contributed by atoms with Crippen LogP contribution in [0.1, 0.15) is 23.4 Å². The van der Waals surface area contributed by atoms with E-state index in [1.165, 1.54) is 0 Å². The molecule has 3 aromatic rings. The SMILES string of the molecule is CN(C)c1ccc(CCOC(=O)NC(CC(=O)O)C(=O)Cn2nnc(Cc3c(Cl)cccc3Cl)n2)cc1.Cl. The van der Waals surface area contributed by atoms with E-state index in [0.29, 0.717) is 22.0 Å². The highest BCUT2D eigenvalue weighted by Gasteiger charge is 2.25. The molecule has 1 unspecified atom stereocenters. The average Bonchev–Trinajstić information content (AvgIpc) is 3.28. The van der Waals surface area contributed by atoms with Crippen LogP contribution in [0, 0.1) is 0 Å². The van der Waals surface area contributed by atoms with Crippen molar-refractivity contribution in [2.45, 2.75) is 31.8 Å². The van der Waals surface area contributed by atoms with Crippen LogP contribution in [0.4, 0.5) is 10.5 Å². The molecule has 0 fully saturated rings. The summed E-state index contributed by atoms with van der Waals surface area (Å²) in [5, 5.41) is 24.2. The second-order valence-electron chi connectivity index (χ2n) is 8.32. The first-order valence-electron chi connectivity index (χ1n) is 11.3. The molecular formula is C24H27Cl3N6O5. The summed E-state index contributed by atoms with van der Waals surface area (Å²) >= 11 is 12.3. The van der Waals surface area contributed by atoms with Gasteiger partial charge in [-0.1, -0.05) is 41.4 Å². The van der Waals surface area contributed by atoms with Gasteiger partial charge in [0.2, 0.25) is 0 Å². The monoisotopic (exact) mass is 584 g/mol. The molecule has 0 saturated heterocycles. The van der Waals surface area contributed by atoms with Gasteiger partial charge in [0.05, 0.1) is 13.0 Å². The molecule has 0 aliphatic rings. The van der Waals surface area contributed by atoms with Crippen LogP contribution in [0.25, 0.3) is 0 Å². The molecular weight excluding hydrogens is 559 g/mol. The zero-order valence-electron chi connectivity index (χ0n) is 20.6. The van der Waals surface area contributed by atoms with E-state index < -0.39 is 36.9 Å². The van der Waals surface area contributed by atoms with Gasteiger partial charge in [0.1, 0.15) is 12.6 Å². The van der Waals surface area contributed by atoms with Crippen LogP contribution >= 0.6 is 35.6 Å². The Labute approximate surface area is 235 Å². The van der Waals surface area contributed by atoms with Crippen molar-refractivity contribution in [2.75, 3.05) is 25.6 Å². The Balaban J connectivity index is 0.00000507. The minimum Gasteiger partial charge on any atom is -0.481 e. The Morgan fingerprint density at radius 1 is 1.11 bits per heavy atom. The highest BCUT2D eigenvalue weighted by Crippen LogP contribution is 2.25. The van der Waals surface area contributed by atoms with E-state index in [1.54, 1.807) is 18.2 Å². The van der Waals surface area contributed by atoms with E-state index in [9.17, 15) is 19.5 Å². The molecule has 1 amide bonds. The highest BCUT2D eigenvalue weighted by molar-refractivity contribution is 6.36. The molecule has 2 N–H and O–H groups in total. The van der Waals surface area contributed by atoms with Crippen molar-refractivity contribution in [1.29, 1.82) is 0 Å². The van der Waals surface area contributed by atoms with Gasteiger partial charge in [0, 0.05) is 42.7 Å². The van der Waals surface area contributed by atoms with Crippen LogP contribution in [0.3, 0.4) is 0 Å². The van der Waals surface area contributed by atoms with Gasteiger partial charge in [-0.15, -0.1) is 22.6 Å². The predicted molar refractivity (Wildman–Crippen MR) is 144 cm³/mol. The lowest BCUT2D eigenvalue weighted by Gasteiger charge is -2.16. The molecule has 0 aliphatic heterocycles. The van der Waals surface area contributed by atoms with Crippen molar-refractivity contribution in [3.8, 4) is 0 Å². The number of amides is 1. The standard InChI is InChI=1S/C24H26Cl2N6O5.ClH/c1-31(2)16-8-6-15(7-9-16)10-11-37-24(36)27-20(13-23(34)35)21(33)14-32-29-22(28-30-32)12-17-18(25)4-3-5-19(17)26;/h3-9,20H,10-14H2,1-2H3,(H,27,36)(H,34,35);1H. The van der Waals surface area contributed by atoms with E-state index in [1.807, 2.05) is 43.3 Å². The molecule has 1 aromatic heterocycles. The molecule has 3 rings (SSSR count). The molecule has 1 heterocycles. The van der Waals surface area contributed by atoms with Gasteiger partial charge < -0.3 is 20.1 Å². The number of carboxylic acid groups (broad SMARTS) is 1. The van der Waals surface area contributed by atoms with Gasteiger partial charge in [-0.2, -0.15) is 4.80 Å². The number of benzene rings is 2. The second kappa shape index (κ2) is 14.5. The summed E-state index contributed by atoms with van der Waals surface area (Å²) in [6.07, 6.45) is -0.880. The number of ketones is 1. The molecule has 14 heteroatoms. The van der Waals surface area contributed by atoms with Crippen LogP contribution in [0.5, 0.6) is 0 Å². The number of nitrogens with one attached hydrogen (secondary N) is 1. The van der Waals surface area contributed by atoms with Gasteiger partial charge in [0.25, 0.3) is 0 Å². The highest BCUT2D eigenvalue weighted by atomic mass is 35.5. The summed E-state index contributed by atoms with van der Waals surface area (Å²) in [5.74, 6) is -1.62. The summed E-state index contributed by atoms with van der Waals surface area (Å²) in [5.41, 5.74) is 2.61. The third-order valence-corrected chi connectivity index (χ3v) is 6.03. The van der Waals surface area contributed by atoms with Gasteiger partial charge in [-0.05, 0) is 40.6 Å². The number of carbonyl (C=O) groups excluding carboxylic acids is 2. The summed E-state index contributed by atoms with van der Waals surface area (Å²) < 4.78 is 5.15. The first-order valence-corrected chi connectivity index (χ1v) is 12.0. The maximum atomic E-state index is 12.7. The van der Waals surface area contributed by atoms with E-state index in [4.69, 9.17) is 27.9 Å². The number of rotatable bonds is 12. The maximum absolute atomic E-state index is 12.7. The van der Waals surface area contributed by atoms with Crippen molar-refractivity contribution in [3.63, 3.8) is 0 Å². The second-order valence-corrected chi connectivity index (χ2v) is 9.14. The Hall–Kier alpha value is -3.41. The van der Waals surface area contributed by atoms with Crippen LogP contribution in [-0.2, 0) is 33.7 Å². The number of nitrogens with zero attached hydrogens (tertiary/aromatic N) is 5. The van der Waals surface area contributed by atoms with E-state index in [0.717, 1.165) is 16.0 Å². The van der Waals surface area contributed by atoms with Crippen LogP contribution in [-0.4, -0.2) is 69.9 Å². The molecule has 0 bridgehead atoms. The smallest absolute Gasteiger partial charge is 0.407 e. The van der Waals surface area contributed by atoms with E-state index in [2.05, 4.69) is 20.7 Å². The topological polar surface area (TPSA) is 140 Å². The van der Waals surface area contributed by atoms with Crippen LogP contribution in [0.2, 0.25) is 10.0 Å². The minimum absolute atomic E-state index is 0. The Kier molecular flexibility index (Phi) is 11.8. The number of Topliss-reactive ketones (excluding diaryl/α,β-unsaturated/α-hetero) is 1. The number of hydrogen-bond acceptors (Lipinski definition) is 8. The summed E-state index contributed by atoms with van der Waals surface area (Å²) in [7, 11) is 3.87. The fraction of sp³-hybridized carbons (Fsp3) is 0.333. The zero-order valence-corrected chi connectivity index (χ0v) is 23.0. The number of carbonyl (C=O) groups is 3. The number of tetrazole rings is 1. The molecule has 1 atom stereocenters. The van der Waals surface area contributed by atoms with Crippen LogP contribution in [0.15, 0.2) is 42.5 Å². The number of aromatic nitrogens is 4. The Bertz CT molecular complexity index is 1230. The summed E-state index contributed by atoms with van der Waals surface area (Å²) in [6, 6.07) is 11.5. The van der Waals surface area contributed by atoms with Crippen molar-refractivity contribution in [1.82, 2.24) is 25.5 Å². The lowest BCUT2D eigenvalue weighted by molar-refractivity contribution is -0.139. The number of carboxylic acids is 1. The first kappa shape index (κ1) is 30.8. The number of ether oxygens (including phenoxy) is 1. The molecule has 204 valence electrons. The van der Waals surface area contributed by atoms with E-state index >= 15 is 0 Å². The molecule has 11 nitrogen and oxygen atoms in total. The van der Waals surface area contributed by atoms with Crippen molar-refractivity contribution in [2.24, 2.45) is 0 Å².